The third-order valence-electron chi connectivity index (χ3n) is 0.775. The minimum atomic E-state index is -0.655. The first-order valence-corrected chi connectivity index (χ1v) is 2.83. The van der Waals surface area contributed by atoms with Gasteiger partial charge in [-0.1, -0.05) is 6.58 Å². The summed E-state index contributed by atoms with van der Waals surface area (Å²) in [5.41, 5.74) is 0. The van der Waals surface area contributed by atoms with E-state index in [0.29, 0.717) is 0 Å². The Balaban J connectivity index is 4.21. The third kappa shape index (κ3) is 3.83. The molecule has 0 spiro atoms. The largest absolute Gasteiger partial charge is 0.404 e. The molecule has 0 fully saturated rings. The van der Waals surface area contributed by atoms with Crippen molar-refractivity contribution < 1.29 is 14.3 Å². The lowest BCUT2D eigenvalue weighted by atomic mass is 10.6. The molecule has 0 aromatic rings. The van der Waals surface area contributed by atoms with E-state index in [0.717, 1.165) is 6.08 Å². The number of aliphatic imine (C=N–C) groups is 1. The molecule has 0 aromatic carbocycles. The van der Waals surface area contributed by atoms with Gasteiger partial charge < -0.3 is 4.74 Å². The molecule has 0 N–H and O–H groups in total. The zero-order chi connectivity index (χ0) is 8.69. The van der Waals surface area contributed by atoms with Gasteiger partial charge in [-0.3, -0.25) is 0 Å². The van der Waals surface area contributed by atoms with Crippen molar-refractivity contribution in [2.24, 2.45) is 4.99 Å². The molecule has 0 heterocycles. The summed E-state index contributed by atoms with van der Waals surface area (Å²) < 4.78 is 4.46. The van der Waals surface area contributed by atoms with Crippen molar-refractivity contribution in [1.82, 2.24) is 0 Å². The normalized spacial score (nSPS) is 9.73. The Morgan fingerprint density at radius 3 is 2.73 bits per heavy atom. The summed E-state index contributed by atoms with van der Waals surface area (Å²) in [5.74, 6) is -0.734. The summed E-state index contributed by atoms with van der Waals surface area (Å²) >= 11 is 0. The second-order valence-corrected chi connectivity index (χ2v) is 1.46. The smallest absolute Gasteiger partial charge is 0.336 e. The van der Waals surface area contributed by atoms with Crippen LogP contribution in [0.3, 0.4) is 0 Å². The molecule has 4 nitrogen and oxygen atoms in total. The highest BCUT2D eigenvalue weighted by molar-refractivity contribution is 5.82. The van der Waals surface area contributed by atoms with Gasteiger partial charge >= 0.3 is 5.97 Å². The number of esters is 1. The molecule has 58 valence electrons. The quantitative estimate of drug-likeness (QED) is 0.199. The van der Waals surface area contributed by atoms with Gasteiger partial charge in [-0.05, 0) is 13.0 Å². The first kappa shape index (κ1) is 9.33. The molecule has 0 rings (SSSR count). The Morgan fingerprint density at radius 2 is 2.36 bits per heavy atom. The van der Waals surface area contributed by atoms with Gasteiger partial charge in [0.25, 0.3) is 0 Å². The van der Waals surface area contributed by atoms with Gasteiger partial charge in [0.1, 0.15) is 0 Å². The lowest BCUT2D eigenvalue weighted by Crippen LogP contribution is -1.97. The Bertz CT molecular complexity index is 236. The average Bonchev–Trinajstić information content (AvgIpc) is 2.03. The fourth-order valence-corrected chi connectivity index (χ4v) is 0.336. The van der Waals surface area contributed by atoms with Gasteiger partial charge in [-0.2, -0.15) is 0 Å². The van der Waals surface area contributed by atoms with E-state index < -0.39 is 5.97 Å². The van der Waals surface area contributed by atoms with Gasteiger partial charge in [0.2, 0.25) is 12.0 Å². The monoisotopic (exact) mass is 153 g/mol. The molecule has 0 aromatic heterocycles. The van der Waals surface area contributed by atoms with Gasteiger partial charge in [0.05, 0.1) is 0 Å². The molecule has 11 heavy (non-hydrogen) atoms. The van der Waals surface area contributed by atoms with Crippen molar-refractivity contribution in [3.05, 3.63) is 24.6 Å². The molecule has 0 saturated heterocycles. The second-order valence-electron chi connectivity index (χ2n) is 1.46. The molecular weight excluding hydrogens is 146 g/mol. The molecule has 0 saturated carbocycles. The number of isocyanates is 1. The van der Waals surface area contributed by atoms with Crippen LogP contribution in [0.25, 0.3) is 0 Å². The lowest BCUT2D eigenvalue weighted by molar-refractivity contribution is -0.133. The van der Waals surface area contributed by atoms with E-state index in [2.05, 4.69) is 16.3 Å². The van der Waals surface area contributed by atoms with Gasteiger partial charge in [0, 0.05) is 6.08 Å². The first-order chi connectivity index (χ1) is 5.24. The number of rotatable bonds is 3. The van der Waals surface area contributed by atoms with Gasteiger partial charge in [-0.25, -0.2) is 9.59 Å². The molecule has 0 aliphatic carbocycles. The van der Waals surface area contributed by atoms with Crippen LogP contribution in [-0.2, 0) is 14.3 Å². The first-order valence-electron chi connectivity index (χ1n) is 2.83. The van der Waals surface area contributed by atoms with Crippen molar-refractivity contribution in [3.63, 3.8) is 0 Å². The molecule has 0 aliphatic rings. The predicted molar refractivity (Wildman–Crippen MR) is 38.2 cm³/mol. The summed E-state index contributed by atoms with van der Waals surface area (Å²) in [6.45, 7) is 4.74. The number of hydrogen-bond acceptors (Lipinski definition) is 4. The number of carbonyl (C=O) groups is 1. The minimum Gasteiger partial charge on any atom is -0.404 e. The molecular formula is C7H7NO3. The molecule has 0 amide bonds. The highest BCUT2D eigenvalue weighted by Gasteiger charge is 1.98. The SMILES string of the molecule is C=CC(=O)O/C(=C\C)N=C=O. The van der Waals surface area contributed by atoms with Crippen molar-refractivity contribution in [1.29, 1.82) is 0 Å². The topological polar surface area (TPSA) is 55.7 Å². The highest BCUT2D eigenvalue weighted by atomic mass is 16.5. The van der Waals surface area contributed by atoms with E-state index in [4.69, 9.17) is 0 Å². The number of ether oxygens (including phenoxy) is 1. The summed E-state index contributed by atoms with van der Waals surface area (Å²) in [6, 6.07) is 0. The van der Waals surface area contributed by atoms with Crippen LogP contribution in [0.2, 0.25) is 0 Å². The van der Waals surface area contributed by atoms with E-state index >= 15 is 0 Å². The Labute approximate surface area is 63.9 Å². The van der Waals surface area contributed by atoms with Crippen LogP contribution in [0.1, 0.15) is 6.92 Å². The average molecular weight is 153 g/mol. The maximum atomic E-state index is 10.5. The van der Waals surface area contributed by atoms with E-state index in [1.54, 1.807) is 6.92 Å². The van der Waals surface area contributed by atoms with Gasteiger partial charge in [-0.15, -0.1) is 4.99 Å². The summed E-state index contributed by atoms with van der Waals surface area (Å²) in [7, 11) is 0. The van der Waals surface area contributed by atoms with Crippen molar-refractivity contribution >= 4 is 12.0 Å². The van der Waals surface area contributed by atoms with Crippen molar-refractivity contribution in [2.45, 2.75) is 6.92 Å². The molecule has 4 heteroatoms. The Morgan fingerprint density at radius 1 is 1.73 bits per heavy atom. The Kier molecular flexibility index (Phi) is 4.36. The lowest BCUT2D eigenvalue weighted by Gasteiger charge is -1.95. The van der Waals surface area contributed by atoms with E-state index in [9.17, 15) is 9.59 Å². The standard InChI is InChI=1S/C7H7NO3/c1-3-6(8-5-9)11-7(10)4-2/h3-4H,2H2,1H3/b6-3-. The predicted octanol–water partition coefficient (Wildman–Crippen LogP) is 0.913. The van der Waals surface area contributed by atoms with Crippen LogP contribution >= 0.6 is 0 Å². The molecule has 0 radical (unpaired) electrons. The summed E-state index contributed by atoms with van der Waals surface area (Å²) in [5, 5.41) is 0. The third-order valence-corrected chi connectivity index (χ3v) is 0.775. The number of allylic oxidation sites excluding steroid dienone is 1. The van der Waals surface area contributed by atoms with Crippen LogP contribution in [0.15, 0.2) is 29.6 Å². The maximum absolute atomic E-state index is 10.5. The summed E-state index contributed by atoms with van der Waals surface area (Å²) in [6.07, 6.45) is 3.59. The van der Waals surface area contributed by atoms with E-state index in [1.165, 1.54) is 12.2 Å². The minimum absolute atomic E-state index is 0.0788. The van der Waals surface area contributed by atoms with Crippen LogP contribution in [0.5, 0.6) is 0 Å². The fourth-order valence-electron chi connectivity index (χ4n) is 0.336. The van der Waals surface area contributed by atoms with E-state index in [-0.39, 0.29) is 5.88 Å². The zero-order valence-electron chi connectivity index (χ0n) is 6.03. The van der Waals surface area contributed by atoms with Crippen LogP contribution in [-0.4, -0.2) is 12.0 Å². The zero-order valence-corrected chi connectivity index (χ0v) is 6.03. The van der Waals surface area contributed by atoms with Gasteiger partial charge in [0.15, 0.2) is 0 Å². The Hall–Kier alpha value is -1.67. The van der Waals surface area contributed by atoms with Crippen LogP contribution in [0, 0.1) is 0 Å². The fraction of sp³-hybridized carbons (Fsp3) is 0.143. The van der Waals surface area contributed by atoms with Crippen molar-refractivity contribution in [3.8, 4) is 0 Å². The number of nitrogens with zero attached hydrogens (tertiary/aromatic N) is 1. The molecule has 0 unspecified atom stereocenters. The summed E-state index contributed by atoms with van der Waals surface area (Å²) in [4.78, 5) is 23.3. The highest BCUT2D eigenvalue weighted by Crippen LogP contribution is 1.97. The molecule has 0 bridgehead atoms. The van der Waals surface area contributed by atoms with Crippen LogP contribution in [0.4, 0.5) is 0 Å². The molecule has 0 aliphatic heterocycles. The second kappa shape index (κ2) is 5.14. The van der Waals surface area contributed by atoms with Crippen LogP contribution < -0.4 is 0 Å². The number of carbonyl (C=O) groups excluding carboxylic acids is 2. The molecule has 0 atom stereocenters. The van der Waals surface area contributed by atoms with E-state index in [1.807, 2.05) is 0 Å². The van der Waals surface area contributed by atoms with Crippen molar-refractivity contribution in [2.75, 3.05) is 0 Å². The maximum Gasteiger partial charge on any atom is 0.336 e. The number of hydrogen-bond donors (Lipinski definition) is 0.